The van der Waals surface area contributed by atoms with E-state index in [2.05, 4.69) is 15.4 Å². The Morgan fingerprint density at radius 3 is 2.76 bits per heavy atom. The lowest BCUT2D eigenvalue weighted by Crippen LogP contribution is -2.22. The average molecular weight is 343 g/mol. The predicted molar refractivity (Wildman–Crippen MR) is 89.8 cm³/mol. The highest BCUT2D eigenvalue weighted by Gasteiger charge is 2.41. The summed E-state index contributed by atoms with van der Waals surface area (Å²) >= 11 is 0. The summed E-state index contributed by atoms with van der Waals surface area (Å²) in [5.74, 6) is 1.90. The van der Waals surface area contributed by atoms with E-state index in [1.807, 2.05) is 25.1 Å². The Morgan fingerprint density at radius 2 is 2.04 bits per heavy atom. The summed E-state index contributed by atoms with van der Waals surface area (Å²) in [6.45, 7) is 1.89. The number of oxime groups is 1. The smallest absolute Gasteiger partial charge is 0.262 e. The van der Waals surface area contributed by atoms with Gasteiger partial charge in [0, 0.05) is 12.0 Å². The molecule has 25 heavy (non-hydrogen) atoms. The fourth-order valence-corrected chi connectivity index (χ4v) is 3.35. The molecule has 132 valence electrons. The topological polar surface area (TPSA) is 79.0 Å². The lowest BCUT2D eigenvalue weighted by atomic mass is 9.95. The minimum Gasteiger partial charge on any atom is -0.493 e. The van der Waals surface area contributed by atoms with Crippen LogP contribution in [0.25, 0.3) is 0 Å². The van der Waals surface area contributed by atoms with Crippen LogP contribution in [0.2, 0.25) is 0 Å². The summed E-state index contributed by atoms with van der Waals surface area (Å²) in [4.78, 5) is 5.60. The van der Waals surface area contributed by atoms with Gasteiger partial charge >= 0.3 is 0 Å². The number of hydrogen-bond acceptors (Lipinski definition) is 7. The summed E-state index contributed by atoms with van der Waals surface area (Å²) in [7, 11) is 1.65. The molecule has 7 heteroatoms. The molecular formula is C18H21N3O4. The predicted octanol–water partition coefficient (Wildman–Crippen LogP) is 3.44. The van der Waals surface area contributed by atoms with Gasteiger partial charge in [0.15, 0.2) is 11.5 Å². The van der Waals surface area contributed by atoms with E-state index in [4.69, 9.17) is 18.7 Å². The summed E-state index contributed by atoms with van der Waals surface area (Å²) in [6.07, 6.45) is 6.72. The first-order valence-corrected chi connectivity index (χ1v) is 8.55. The van der Waals surface area contributed by atoms with Gasteiger partial charge in [-0.05, 0) is 50.8 Å². The van der Waals surface area contributed by atoms with Gasteiger partial charge in [0.1, 0.15) is 0 Å². The molecular weight excluding hydrogens is 322 g/mol. The van der Waals surface area contributed by atoms with E-state index in [-0.39, 0.29) is 6.10 Å². The molecule has 1 atom stereocenters. The van der Waals surface area contributed by atoms with E-state index in [1.54, 1.807) is 7.11 Å². The molecule has 0 radical (unpaired) electrons. The van der Waals surface area contributed by atoms with Crippen molar-refractivity contribution in [1.29, 1.82) is 0 Å². The molecule has 0 saturated heterocycles. The van der Waals surface area contributed by atoms with Crippen LogP contribution in [0.3, 0.4) is 0 Å². The fraction of sp³-hybridized carbons (Fsp3) is 0.500. The zero-order valence-corrected chi connectivity index (χ0v) is 14.4. The largest absolute Gasteiger partial charge is 0.493 e. The monoisotopic (exact) mass is 343 g/mol. The molecule has 2 aromatic rings. The molecule has 1 aromatic heterocycles. The highest BCUT2D eigenvalue weighted by Crippen LogP contribution is 2.37. The number of rotatable bonds is 5. The van der Waals surface area contributed by atoms with Crippen molar-refractivity contribution in [1.82, 2.24) is 10.2 Å². The maximum Gasteiger partial charge on any atom is 0.262 e. The van der Waals surface area contributed by atoms with Gasteiger partial charge in [-0.1, -0.05) is 5.16 Å². The quantitative estimate of drug-likeness (QED) is 0.827. The Hall–Kier alpha value is -2.57. The van der Waals surface area contributed by atoms with Crippen LogP contribution in [0.15, 0.2) is 34.2 Å². The third kappa shape index (κ3) is 3.06. The van der Waals surface area contributed by atoms with Gasteiger partial charge in [0.2, 0.25) is 12.0 Å². The van der Waals surface area contributed by atoms with E-state index < -0.39 is 5.60 Å². The van der Waals surface area contributed by atoms with E-state index in [1.165, 1.54) is 19.2 Å². The molecule has 1 saturated carbocycles. The van der Waals surface area contributed by atoms with Crippen LogP contribution in [0.1, 0.15) is 50.5 Å². The van der Waals surface area contributed by atoms with Crippen LogP contribution >= 0.6 is 0 Å². The molecule has 4 rings (SSSR count). The minimum atomic E-state index is -0.738. The van der Waals surface area contributed by atoms with E-state index in [0.717, 1.165) is 35.6 Å². The molecule has 2 aliphatic rings. The van der Waals surface area contributed by atoms with E-state index in [9.17, 15) is 0 Å². The first-order valence-electron chi connectivity index (χ1n) is 8.55. The maximum atomic E-state index is 6.16. The number of nitrogens with zero attached hydrogens (tertiary/aromatic N) is 3. The summed E-state index contributed by atoms with van der Waals surface area (Å²) in [6, 6.07) is 5.84. The Balaban J connectivity index is 1.56. The van der Waals surface area contributed by atoms with Gasteiger partial charge in [0.05, 0.1) is 18.9 Å². The average Bonchev–Trinajstić information content (AvgIpc) is 3.37. The second-order valence-electron chi connectivity index (χ2n) is 6.67. The Kier molecular flexibility index (Phi) is 4.07. The zero-order valence-electron chi connectivity index (χ0n) is 14.4. The van der Waals surface area contributed by atoms with Gasteiger partial charge in [-0.15, -0.1) is 10.2 Å². The molecule has 0 N–H and O–H groups in total. The van der Waals surface area contributed by atoms with Gasteiger partial charge in [-0.2, -0.15) is 0 Å². The molecule has 2 heterocycles. The molecule has 1 fully saturated rings. The molecule has 0 bridgehead atoms. The number of methoxy groups -OCH3 is 1. The second kappa shape index (κ2) is 6.38. The standard InChI is InChI=1S/C18H21N3O4/c1-18(17-20-19-11-23-17)10-14(21-25-18)12-7-8-15(22-2)16(9-12)24-13-5-3-4-6-13/h7-9,11,13H,3-6,10H2,1-2H3. The second-order valence-corrected chi connectivity index (χ2v) is 6.67. The molecule has 7 nitrogen and oxygen atoms in total. The third-order valence-electron chi connectivity index (χ3n) is 4.77. The van der Waals surface area contributed by atoms with Crippen molar-refractivity contribution in [2.45, 2.75) is 50.7 Å². The first-order chi connectivity index (χ1) is 12.2. The third-order valence-corrected chi connectivity index (χ3v) is 4.77. The maximum absolute atomic E-state index is 6.16. The molecule has 0 spiro atoms. The van der Waals surface area contributed by atoms with Crippen molar-refractivity contribution in [2.24, 2.45) is 5.16 Å². The van der Waals surface area contributed by atoms with Crippen molar-refractivity contribution in [3.8, 4) is 11.5 Å². The normalized spacial score (nSPS) is 23.4. The Bertz CT molecular complexity index is 769. The van der Waals surface area contributed by atoms with Crippen LogP contribution in [0, 0.1) is 0 Å². The summed E-state index contributed by atoms with van der Waals surface area (Å²) in [5, 5.41) is 11.9. The zero-order chi connectivity index (χ0) is 17.3. The van der Waals surface area contributed by atoms with E-state index in [0.29, 0.717) is 12.3 Å². The molecule has 0 amide bonds. The Labute approximate surface area is 146 Å². The number of aromatic nitrogens is 2. The van der Waals surface area contributed by atoms with Crippen LogP contribution in [-0.4, -0.2) is 29.1 Å². The molecule has 1 aliphatic heterocycles. The summed E-state index contributed by atoms with van der Waals surface area (Å²) in [5.41, 5.74) is 1.02. The van der Waals surface area contributed by atoms with Crippen molar-refractivity contribution < 1.29 is 18.7 Å². The number of benzene rings is 1. The molecule has 1 unspecified atom stereocenters. The highest BCUT2D eigenvalue weighted by atomic mass is 16.7. The number of ether oxygens (including phenoxy) is 2. The summed E-state index contributed by atoms with van der Waals surface area (Å²) < 4.78 is 16.9. The van der Waals surface area contributed by atoms with Crippen molar-refractivity contribution >= 4 is 5.71 Å². The highest BCUT2D eigenvalue weighted by molar-refractivity contribution is 6.02. The van der Waals surface area contributed by atoms with Crippen LogP contribution in [0.5, 0.6) is 11.5 Å². The van der Waals surface area contributed by atoms with Gasteiger partial charge < -0.3 is 18.7 Å². The van der Waals surface area contributed by atoms with Gasteiger partial charge in [0.25, 0.3) is 5.89 Å². The van der Waals surface area contributed by atoms with Crippen LogP contribution < -0.4 is 9.47 Å². The van der Waals surface area contributed by atoms with Crippen LogP contribution in [0.4, 0.5) is 0 Å². The van der Waals surface area contributed by atoms with Gasteiger partial charge in [-0.25, -0.2) is 0 Å². The van der Waals surface area contributed by atoms with Crippen LogP contribution in [-0.2, 0) is 10.4 Å². The first kappa shape index (κ1) is 15.9. The van der Waals surface area contributed by atoms with E-state index >= 15 is 0 Å². The SMILES string of the molecule is COc1ccc(C2=NOC(C)(c3nnco3)C2)cc1OC1CCCC1. The van der Waals surface area contributed by atoms with Crippen molar-refractivity contribution in [3.05, 3.63) is 36.0 Å². The number of hydrogen-bond donors (Lipinski definition) is 0. The lowest BCUT2D eigenvalue weighted by Gasteiger charge is -2.17. The Morgan fingerprint density at radius 1 is 1.20 bits per heavy atom. The fourth-order valence-electron chi connectivity index (χ4n) is 3.35. The van der Waals surface area contributed by atoms with Crippen molar-refractivity contribution in [3.63, 3.8) is 0 Å². The molecule has 1 aliphatic carbocycles. The lowest BCUT2D eigenvalue weighted by molar-refractivity contribution is -0.0279. The van der Waals surface area contributed by atoms with Crippen molar-refractivity contribution in [2.75, 3.05) is 7.11 Å². The minimum absolute atomic E-state index is 0.259. The van der Waals surface area contributed by atoms with Gasteiger partial charge in [-0.3, -0.25) is 0 Å². The molecule has 1 aromatic carbocycles.